The van der Waals surface area contributed by atoms with E-state index < -0.39 is 6.36 Å². The maximum Gasteiger partial charge on any atom is 0.573 e. The summed E-state index contributed by atoms with van der Waals surface area (Å²) in [5.74, 6) is -0.507. The summed E-state index contributed by atoms with van der Waals surface area (Å²) in [6.45, 7) is 4.31. The quantitative estimate of drug-likeness (QED) is 0.939. The van der Waals surface area contributed by atoms with Crippen LogP contribution in [0.4, 0.5) is 13.2 Å². The van der Waals surface area contributed by atoms with E-state index in [-0.39, 0.29) is 17.1 Å². The Balaban J connectivity index is 2.45. The van der Waals surface area contributed by atoms with Crippen molar-refractivity contribution in [1.29, 1.82) is 0 Å². The van der Waals surface area contributed by atoms with Crippen molar-refractivity contribution < 1.29 is 23.0 Å². The molecule has 1 aromatic heterocycles. The average Bonchev–Trinajstić information content (AvgIpc) is 2.71. The molecule has 2 rings (SSSR count). The van der Waals surface area contributed by atoms with Crippen molar-refractivity contribution in [2.45, 2.75) is 26.8 Å². The molecule has 1 N–H and O–H groups in total. The number of aromatic nitrogens is 2. The molecule has 0 aliphatic carbocycles. The Morgan fingerprint density at radius 1 is 1.30 bits per heavy atom. The minimum Gasteiger partial charge on any atom is -0.507 e. The van der Waals surface area contributed by atoms with Gasteiger partial charge >= 0.3 is 6.36 Å². The first-order valence-electron chi connectivity index (χ1n) is 5.93. The number of phenols is 1. The van der Waals surface area contributed by atoms with Gasteiger partial charge in [0.15, 0.2) is 0 Å². The molecule has 0 radical (unpaired) electrons. The molecule has 0 fully saturated rings. The number of rotatable bonds is 3. The van der Waals surface area contributed by atoms with Crippen molar-refractivity contribution in [2.24, 2.45) is 0 Å². The Labute approximate surface area is 113 Å². The molecular weight excluding hydrogens is 273 g/mol. The Kier molecular flexibility index (Phi) is 3.61. The standard InChI is InChI=1S/C13H13F3N2O2/c1-3-18-8(2)11(7-17-18)10-6-9(4-5-12(10)19)20-13(14,15)16/h4-7,19H,3H2,1-2H3. The van der Waals surface area contributed by atoms with E-state index >= 15 is 0 Å². The van der Waals surface area contributed by atoms with E-state index in [1.54, 1.807) is 11.6 Å². The molecule has 0 aliphatic heterocycles. The van der Waals surface area contributed by atoms with Gasteiger partial charge in [0.1, 0.15) is 11.5 Å². The molecule has 108 valence electrons. The lowest BCUT2D eigenvalue weighted by Crippen LogP contribution is -2.17. The highest BCUT2D eigenvalue weighted by molar-refractivity contribution is 5.73. The Morgan fingerprint density at radius 3 is 2.55 bits per heavy atom. The summed E-state index contributed by atoms with van der Waals surface area (Å²) < 4.78 is 42.2. The SMILES string of the molecule is CCn1ncc(-c2cc(OC(F)(F)F)ccc2O)c1C. The Bertz CT molecular complexity index is 621. The van der Waals surface area contributed by atoms with Crippen molar-refractivity contribution in [3.63, 3.8) is 0 Å². The first-order valence-corrected chi connectivity index (χ1v) is 5.93. The molecular formula is C13H13F3N2O2. The van der Waals surface area contributed by atoms with Gasteiger partial charge in [-0.05, 0) is 32.0 Å². The first-order chi connectivity index (χ1) is 9.31. The topological polar surface area (TPSA) is 47.3 Å². The van der Waals surface area contributed by atoms with Crippen molar-refractivity contribution in [1.82, 2.24) is 9.78 Å². The third-order valence-electron chi connectivity index (χ3n) is 2.89. The maximum atomic E-state index is 12.2. The minimum absolute atomic E-state index is 0.127. The van der Waals surface area contributed by atoms with Crippen LogP contribution in [-0.2, 0) is 6.54 Å². The van der Waals surface area contributed by atoms with Gasteiger partial charge in [-0.25, -0.2) is 0 Å². The number of ether oxygens (including phenoxy) is 1. The second kappa shape index (κ2) is 5.07. The molecule has 0 amide bonds. The molecule has 0 spiro atoms. The predicted octanol–water partition coefficient (Wildman–Crippen LogP) is 3.48. The molecule has 0 saturated heterocycles. The monoisotopic (exact) mass is 286 g/mol. The summed E-state index contributed by atoms with van der Waals surface area (Å²) in [5.41, 5.74) is 1.58. The highest BCUT2D eigenvalue weighted by Gasteiger charge is 2.31. The minimum atomic E-state index is -4.77. The fraction of sp³-hybridized carbons (Fsp3) is 0.308. The number of halogens is 3. The highest BCUT2D eigenvalue weighted by Crippen LogP contribution is 2.35. The third kappa shape index (κ3) is 2.87. The van der Waals surface area contributed by atoms with E-state index in [0.29, 0.717) is 12.1 Å². The molecule has 4 nitrogen and oxygen atoms in total. The maximum absolute atomic E-state index is 12.2. The molecule has 1 heterocycles. The number of nitrogens with zero attached hydrogens (tertiary/aromatic N) is 2. The van der Waals surface area contributed by atoms with E-state index in [2.05, 4.69) is 9.84 Å². The molecule has 20 heavy (non-hydrogen) atoms. The summed E-state index contributed by atoms with van der Waals surface area (Å²) in [6.07, 6.45) is -3.26. The first kappa shape index (κ1) is 14.2. The van der Waals surface area contributed by atoms with Gasteiger partial charge < -0.3 is 9.84 Å². The van der Waals surface area contributed by atoms with Crippen LogP contribution in [0.25, 0.3) is 11.1 Å². The average molecular weight is 286 g/mol. The van der Waals surface area contributed by atoms with Crippen LogP contribution in [0.5, 0.6) is 11.5 Å². The smallest absolute Gasteiger partial charge is 0.507 e. The number of hydrogen-bond donors (Lipinski definition) is 1. The van der Waals surface area contributed by atoms with Crippen LogP contribution < -0.4 is 4.74 Å². The molecule has 0 saturated carbocycles. The number of alkyl halides is 3. The van der Waals surface area contributed by atoms with E-state index in [9.17, 15) is 18.3 Å². The zero-order valence-electron chi connectivity index (χ0n) is 10.9. The largest absolute Gasteiger partial charge is 0.573 e. The predicted molar refractivity (Wildman–Crippen MR) is 66.4 cm³/mol. The van der Waals surface area contributed by atoms with Gasteiger partial charge in [0, 0.05) is 23.4 Å². The number of hydrogen-bond acceptors (Lipinski definition) is 3. The van der Waals surface area contributed by atoms with Crippen LogP contribution in [0.1, 0.15) is 12.6 Å². The molecule has 0 atom stereocenters. The van der Waals surface area contributed by atoms with Gasteiger partial charge in [0.2, 0.25) is 0 Å². The number of benzene rings is 1. The lowest BCUT2D eigenvalue weighted by atomic mass is 10.1. The summed E-state index contributed by atoms with van der Waals surface area (Å²) in [6, 6.07) is 3.37. The Hall–Kier alpha value is -2.18. The van der Waals surface area contributed by atoms with Crippen LogP contribution in [0, 0.1) is 6.92 Å². The van der Waals surface area contributed by atoms with Gasteiger partial charge in [0.05, 0.1) is 6.20 Å². The molecule has 2 aromatic rings. The number of phenolic OH excluding ortho intramolecular Hbond substituents is 1. The van der Waals surface area contributed by atoms with Crippen LogP contribution in [-0.4, -0.2) is 21.2 Å². The fourth-order valence-electron chi connectivity index (χ4n) is 1.96. The van der Waals surface area contributed by atoms with Gasteiger partial charge in [-0.1, -0.05) is 0 Å². The molecule has 1 aromatic carbocycles. The van der Waals surface area contributed by atoms with E-state index in [1.807, 2.05) is 6.92 Å². The van der Waals surface area contributed by atoms with Gasteiger partial charge in [-0.3, -0.25) is 4.68 Å². The lowest BCUT2D eigenvalue weighted by Gasteiger charge is -2.11. The van der Waals surface area contributed by atoms with Crippen molar-refractivity contribution >= 4 is 0 Å². The summed E-state index contributed by atoms with van der Waals surface area (Å²) in [5, 5.41) is 13.9. The lowest BCUT2D eigenvalue weighted by molar-refractivity contribution is -0.274. The van der Waals surface area contributed by atoms with Crippen molar-refractivity contribution in [3.05, 3.63) is 30.1 Å². The molecule has 7 heteroatoms. The highest BCUT2D eigenvalue weighted by atomic mass is 19.4. The molecule has 0 aliphatic rings. The number of aryl methyl sites for hydroxylation is 1. The van der Waals surface area contributed by atoms with Crippen LogP contribution in [0.15, 0.2) is 24.4 Å². The zero-order chi connectivity index (χ0) is 14.9. The summed E-state index contributed by atoms with van der Waals surface area (Å²) >= 11 is 0. The van der Waals surface area contributed by atoms with Crippen LogP contribution in [0.3, 0.4) is 0 Å². The second-order valence-corrected chi connectivity index (χ2v) is 4.19. The van der Waals surface area contributed by atoms with Gasteiger partial charge in [-0.15, -0.1) is 13.2 Å². The van der Waals surface area contributed by atoms with E-state index in [4.69, 9.17) is 0 Å². The number of aromatic hydroxyl groups is 1. The van der Waals surface area contributed by atoms with Crippen molar-refractivity contribution in [2.75, 3.05) is 0 Å². The summed E-state index contributed by atoms with van der Waals surface area (Å²) in [7, 11) is 0. The zero-order valence-corrected chi connectivity index (χ0v) is 10.9. The van der Waals surface area contributed by atoms with Crippen LogP contribution >= 0.6 is 0 Å². The summed E-state index contributed by atoms with van der Waals surface area (Å²) in [4.78, 5) is 0. The van der Waals surface area contributed by atoms with Gasteiger partial charge in [0.25, 0.3) is 0 Å². The van der Waals surface area contributed by atoms with E-state index in [1.165, 1.54) is 12.3 Å². The normalized spacial score (nSPS) is 11.7. The van der Waals surface area contributed by atoms with Gasteiger partial charge in [-0.2, -0.15) is 5.10 Å². The third-order valence-corrected chi connectivity index (χ3v) is 2.89. The second-order valence-electron chi connectivity index (χ2n) is 4.19. The Morgan fingerprint density at radius 2 is 2.00 bits per heavy atom. The fourth-order valence-corrected chi connectivity index (χ4v) is 1.96. The van der Waals surface area contributed by atoms with Crippen LogP contribution in [0.2, 0.25) is 0 Å². The molecule has 0 bridgehead atoms. The van der Waals surface area contributed by atoms with E-state index in [0.717, 1.165) is 17.8 Å². The van der Waals surface area contributed by atoms with Crippen molar-refractivity contribution in [3.8, 4) is 22.6 Å². The molecule has 0 unspecified atom stereocenters.